The summed E-state index contributed by atoms with van der Waals surface area (Å²) in [5, 5.41) is 3.13. The molecule has 0 aromatic carbocycles. The molecule has 1 saturated carbocycles. The highest BCUT2D eigenvalue weighted by Gasteiger charge is 2.20. The standard InChI is InChI=1S/C16H20N4O/c1-17-14-9-13(11-5-3-4-6-11)19-16(20-14)12-7-8-15(21-2)18-10-12/h7-11H,3-6H2,1-2H3,(H,17,19,20). The smallest absolute Gasteiger partial charge is 0.212 e. The number of ether oxygens (including phenoxy) is 1. The van der Waals surface area contributed by atoms with E-state index in [0.29, 0.717) is 11.8 Å². The van der Waals surface area contributed by atoms with Crippen molar-refractivity contribution in [3.05, 3.63) is 30.1 Å². The van der Waals surface area contributed by atoms with Crippen LogP contribution in [0.2, 0.25) is 0 Å². The van der Waals surface area contributed by atoms with Crippen LogP contribution in [-0.4, -0.2) is 29.1 Å². The quantitative estimate of drug-likeness (QED) is 0.934. The maximum Gasteiger partial charge on any atom is 0.212 e. The second-order valence-electron chi connectivity index (χ2n) is 5.32. The van der Waals surface area contributed by atoms with Crippen molar-refractivity contribution in [2.75, 3.05) is 19.5 Å². The van der Waals surface area contributed by atoms with Crippen molar-refractivity contribution in [3.63, 3.8) is 0 Å². The van der Waals surface area contributed by atoms with E-state index in [0.717, 1.165) is 22.9 Å². The predicted octanol–water partition coefficient (Wildman–Crippen LogP) is 3.25. The van der Waals surface area contributed by atoms with Crippen molar-refractivity contribution < 1.29 is 4.74 Å². The zero-order valence-electron chi connectivity index (χ0n) is 12.5. The first-order chi connectivity index (χ1) is 10.3. The monoisotopic (exact) mass is 284 g/mol. The van der Waals surface area contributed by atoms with Gasteiger partial charge in [0, 0.05) is 42.6 Å². The van der Waals surface area contributed by atoms with Gasteiger partial charge in [0.25, 0.3) is 0 Å². The number of pyridine rings is 1. The highest BCUT2D eigenvalue weighted by molar-refractivity contribution is 5.57. The Balaban J connectivity index is 1.97. The van der Waals surface area contributed by atoms with Crippen molar-refractivity contribution in [2.45, 2.75) is 31.6 Å². The van der Waals surface area contributed by atoms with E-state index in [9.17, 15) is 0 Å². The average molecular weight is 284 g/mol. The van der Waals surface area contributed by atoms with E-state index in [-0.39, 0.29) is 0 Å². The number of anilines is 1. The second-order valence-corrected chi connectivity index (χ2v) is 5.32. The molecule has 21 heavy (non-hydrogen) atoms. The van der Waals surface area contributed by atoms with Crippen LogP contribution in [0.3, 0.4) is 0 Å². The molecule has 0 atom stereocenters. The topological polar surface area (TPSA) is 59.9 Å². The first-order valence-electron chi connectivity index (χ1n) is 7.37. The summed E-state index contributed by atoms with van der Waals surface area (Å²) < 4.78 is 5.09. The lowest BCUT2D eigenvalue weighted by Gasteiger charge is -2.12. The third-order valence-corrected chi connectivity index (χ3v) is 3.98. The molecule has 5 heteroatoms. The fourth-order valence-electron chi connectivity index (χ4n) is 2.79. The van der Waals surface area contributed by atoms with E-state index in [4.69, 9.17) is 9.72 Å². The molecule has 3 rings (SSSR count). The molecule has 5 nitrogen and oxygen atoms in total. The van der Waals surface area contributed by atoms with E-state index in [2.05, 4.69) is 21.4 Å². The summed E-state index contributed by atoms with van der Waals surface area (Å²) in [6, 6.07) is 5.84. The number of aromatic nitrogens is 3. The molecule has 1 aliphatic rings. The third-order valence-electron chi connectivity index (χ3n) is 3.98. The molecular weight excluding hydrogens is 264 g/mol. The summed E-state index contributed by atoms with van der Waals surface area (Å²) in [6.45, 7) is 0. The van der Waals surface area contributed by atoms with E-state index >= 15 is 0 Å². The van der Waals surface area contributed by atoms with Crippen molar-refractivity contribution >= 4 is 5.82 Å². The zero-order valence-corrected chi connectivity index (χ0v) is 12.5. The van der Waals surface area contributed by atoms with Gasteiger partial charge in [0.15, 0.2) is 5.82 Å². The molecule has 0 bridgehead atoms. The Bertz CT molecular complexity index is 606. The van der Waals surface area contributed by atoms with Gasteiger partial charge < -0.3 is 10.1 Å². The largest absolute Gasteiger partial charge is 0.481 e. The van der Waals surface area contributed by atoms with E-state index < -0.39 is 0 Å². The average Bonchev–Trinajstić information content (AvgIpc) is 3.09. The summed E-state index contributed by atoms with van der Waals surface area (Å²) in [4.78, 5) is 13.5. The molecule has 1 N–H and O–H groups in total. The molecule has 110 valence electrons. The van der Waals surface area contributed by atoms with Crippen LogP contribution < -0.4 is 10.1 Å². The SMILES string of the molecule is CNc1cc(C2CCCC2)nc(-c2ccc(OC)nc2)n1. The van der Waals surface area contributed by atoms with Crippen LogP contribution in [0.25, 0.3) is 11.4 Å². The maximum atomic E-state index is 5.09. The summed E-state index contributed by atoms with van der Waals surface area (Å²) in [6.07, 6.45) is 6.79. The fourth-order valence-corrected chi connectivity index (χ4v) is 2.79. The van der Waals surface area contributed by atoms with Crippen LogP contribution in [0.4, 0.5) is 5.82 Å². The van der Waals surface area contributed by atoms with Gasteiger partial charge in [-0.15, -0.1) is 0 Å². The Labute approximate surface area is 124 Å². The molecule has 2 heterocycles. The molecule has 0 spiro atoms. The first kappa shape index (κ1) is 13.8. The van der Waals surface area contributed by atoms with Gasteiger partial charge in [-0.05, 0) is 18.9 Å². The summed E-state index contributed by atoms with van der Waals surface area (Å²) in [5.74, 6) is 2.74. The molecule has 2 aromatic rings. The summed E-state index contributed by atoms with van der Waals surface area (Å²) >= 11 is 0. The maximum absolute atomic E-state index is 5.09. The lowest BCUT2D eigenvalue weighted by molar-refractivity contribution is 0.398. The molecule has 0 radical (unpaired) electrons. The van der Waals surface area contributed by atoms with Gasteiger partial charge in [-0.25, -0.2) is 15.0 Å². The first-order valence-corrected chi connectivity index (χ1v) is 7.37. The molecule has 2 aromatic heterocycles. The number of methoxy groups -OCH3 is 1. The van der Waals surface area contributed by atoms with E-state index in [1.54, 1.807) is 13.3 Å². The van der Waals surface area contributed by atoms with Gasteiger partial charge in [0.05, 0.1) is 7.11 Å². The minimum atomic E-state index is 0.560. The van der Waals surface area contributed by atoms with Crippen molar-refractivity contribution in [1.29, 1.82) is 0 Å². The van der Waals surface area contributed by atoms with E-state index in [1.165, 1.54) is 25.7 Å². The van der Waals surface area contributed by atoms with Crippen LogP contribution in [0.15, 0.2) is 24.4 Å². The second kappa shape index (κ2) is 6.08. The Hall–Kier alpha value is -2.17. The van der Waals surface area contributed by atoms with Crippen LogP contribution >= 0.6 is 0 Å². The molecule has 0 amide bonds. The van der Waals surface area contributed by atoms with E-state index in [1.807, 2.05) is 19.2 Å². The third kappa shape index (κ3) is 2.96. The van der Waals surface area contributed by atoms with Crippen LogP contribution in [0, 0.1) is 0 Å². The van der Waals surface area contributed by atoms with Crippen LogP contribution in [-0.2, 0) is 0 Å². The van der Waals surface area contributed by atoms with Gasteiger partial charge in [-0.3, -0.25) is 0 Å². The molecule has 0 saturated heterocycles. The minimum Gasteiger partial charge on any atom is -0.481 e. The van der Waals surface area contributed by atoms with Crippen LogP contribution in [0.1, 0.15) is 37.3 Å². The number of rotatable bonds is 4. The van der Waals surface area contributed by atoms with Gasteiger partial charge in [0.1, 0.15) is 5.82 Å². The predicted molar refractivity (Wildman–Crippen MR) is 82.6 cm³/mol. The van der Waals surface area contributed by atoms with Crippen LogP contribution in [0.5, 0.6) is 5.88 Å². The number of nitrogens with zero attached hydrogens (tertiary/aromatic N) is 3. The molecule has 0 aliphatic heterocycles. The number of nitrogens with one attached hydrogen (secondary N) is 1. The summed E-state index contributed by atoms with van der Waals surface area (Å²) in [5.41, 5.74) is 2.05. The Kier molecular flexibility index (Phi) is 3.99. The fraction of sp³-hybridized carbons (Fsp3) is 0.438. The summed E-state index contributed by atoms with van der Waals surface area (Å²) in [7, 11) is 3.50. The van der Waals surface area contributed by atoms with Gasteiger partial charge in [-0.2, -0.15) is 0 Å². The molecule has 1 fully saturated rings. The highest BCUT2D eigenvalue weighted by Crippen LogP contribution is 2.34. The van der Waals surface area contributed by atoms with Crippen molar-refractivity contribution in [3.8, 4) is 17.3 Å². The lowest BCUT2D eigenvalue weighted by Crippen LogP contribution is -2.04. The lowest BCUT2D eigenvalue weighted by atomic mass is 10.0. The Morgan fingerprint density at radius 1 is 1.19 bits per heavy atom. The molecule has 1 aliphatic carbocycles. The van der Waals surface area contributed by atoms with Gasteiger partial charge >= 0.3 is 0 Å². The zero-order chi connectivity index (χ0) is 14.7. The molecule has 0 unspecified atom stereocenters. The highest BCUT2D eigenvalue weighted by atomic mass is 16.5. The number of hydrogen-bond donors (Lipinski definition) is 1. The van der Waals surface area contributed by atoms with Crippen molar-refractivity contribution in [2.24, 2.45) is 0 Å². The van der Waals surface area contributed by atoms with Crippen molar-refractivity contribution in [1.82, 2.24) is 15.0 Å². The molecular formula is C16H20N4O. The van der Waals surface area contributed by atoms with Gasteiger partial charge in [-0.1, -0.05) is 12.8 Å². The minimum absolute atomic E-state index is 0.560. The Morgan fingerprint density at radius 3 is 2.62 bits per heavy atom. The Morgan fingerprint density at radius 2 is 2.00 bits per heavy atom. The number of hydrogen-bond acceptors (Lipinski definition) is 5. The van der Waals surface area contributed by atoms with Gasteiger partial charge in [0.2, 0.25) is 5.88 Å². The normalized spacial score (nSPS) is 15.1.